The maximum absolute atomic E-state index is 5.56. The van der Waals surface area contributed by atoms with Crippen LogP contribution < -0.4 is 0 Å². The second-order valence-corrected chi connectivity index (χ2v) is 5.61. The Kier molecular flexibility index (Phi) is 6.91. The molecule has 0 rings (SSSR count). The largest absolute Gasteiger partial charge is 2.00 e. The van der Waals surface area contributed by atoms with Crippen molar-refractivity contribution < 1.29 is 7.59 Å². The van der Waals surface area contributed by atoms with E-state index in [4.69, 9.17) is 4.74 Å². The van der Waals surface area contributed by atoms with Crippen LogP contribution in [-0.4, -0.2) is 36.3 Å². The Hall–Kier alpha value is 0.726. The van der Waals surface area contributed by atoms with Crippen LogP contribution in [0, 0.1) is 10.8 Å². The fraction of sp³-hybridized carbons (Fsp3) is 1.00. The molecule has 0 aromatic rings. The number of hydrogen-bond acceptors (Lipinski definition) is 1. The molecule has 0 N–H and O–H groups in total. The SMILES string of the molecule is CC(C)(C)COCC(C)(C)C.[H-].[H-].[Mg+2]. The van der Waals surface area contributed by atoms with Crippen molar-refractivity contribution in [3.05, 3.63) is 0 Å². The summed E-state index contributed by atoms with van der Waals surface area (Å²) in [6, 6.07) is 0. The first-order chi connectivity index (χ1) is 4.71. The number of ether oxygens (including phenoxy) is 1. The van der Waals surface area contributed by atoms with Gasteiger partial charge >= 0.3 is 23.1 Å². The Balaban J connectivity index is -0.000000167. The van der Waals surface area contributed by atoms with E-state index in [1.54, 1.807) is 0 Å². The molecule has 1 nitrogen and oxygen atoms in total. The summed E-state index contributed by atoms with van der Waals surface area (Å²) in [5.74, 6) is 0. The summed E-state index contributed by atoms with van der Waals surface area (Å²) < 4.78 is 5.56. The molecule has 0 fully saturated rings. The van der Waals surface area contributed by atoms with E-state index in [2.05, 4.69) is 41.5 Å². The molecule has 0 atom stereocenters. The third-order valence-electron chi connectivity index (χ3n) is 1.07. The van der Waals surface area contributed by atoms with Crippen LogP contribution in [0.25, 0.3) is 0 Å². The van der Waals surface area contributed by atoms with Crippen LogP contribution in [0.2, 0.25) is 0 Å². The second-order valence-electron chi connectivity index (χ2n) is 5.61. The Morgan fingerprint density at radius 2 is 1.08 bits per heavy atom. The molecule has 12 heavy (non-hydrogen) atoms. The normalized spacial score (nSPS) is 12.5. The van der Waals surface area contributed by atoms with Gasteiger partial charge in [-0.2, -0.15) is 0 Å². The van der Waals surface area contributed by atoms with E-state index >= 15 is 0 Å². The molecule has 0 aliphatic carbocycles. The van der Waals surface area contributed by atoms with E-state index in [0.717, 1.165) is 13.2 Å². The molecule has 0 spiro atoms. The van der Waals surface area contributed by atoms with E-state index in [1.165, 1.54) is 0 Å². The molecule has 0 saturated heterocycles. The fourth-order valence-electron chi connectivity index (χ4n) is 0.663. The van der Waals surface area contributed by atoms with Crippen LogP contribution in [0.3, 0.4) is 0 Å². The average Bonchev–Trinajstić information content (AvgIpc) is 1.55. The molecule has 0 aromatic carbocycles. The quantitative estimate of drug-likeness (QED) is 0.600. The molecule has 0 aliphatic heterocycles. The van der Waals surface area contributed by atoms with E-state index in [1.807, 2.05) is 0 Å². The standard InChI is InChI=1S/C10H22O.Mg.2H/c1-9(2,3)7-11-8-10(4,5)6;;;/h7-8H2,1-6H3;;;/q;+2;2*-1. The van der Waals surface area contributed by atoms with Gasteiger partial charge in [-0.15, -0.1) is 0 Å². The molecule has 0 heterocycles. The van der Waals surface area contributed by atoms with E-state index < -0.39 is 0 Å². The van der Waals surface area contributed by atoms with Crippen molar-refractivity contribution in [1.29, 1.82) is 0 Å². The third-order valence-corrected chi connectivity index (χ3v) is 1.07. The molecular weight excluding hydrogens is 160 g/mol. The summed E-state index contributed by atoms with van der Waals surface area (Å²) >= 11 is 0. The molecule has 0 aliphatic rings. The van der Waals surface area contributed by atoms with Gasteiger partial charge in [-0.1, -0.05) is 41.5 Å². The summed E-state index contributed by atoms with van der Waals surface area (Å²) in [6.45, 7) is 14.8. The first-order valence-electron chi connectivity index (χ1n) is 4.28. The predicted molar refractivity (Wildman–Crippen MR) is 57.7 cm³/mol. The van der Waals surface area contributed by atoms with Crippen molar-refractivity contribution in [3.8, 4) is 0 Å². The molecule has 0 radical (unpaired) electrons. The first-order valence-corrected chi connectivity index (χ1v) is 4.28. The van der Waals surface area contributed by atoms with Crippen molar-refractivity contribution in [1.82, 2.24) is 0 Å². The summed E-state index contributed by atoms with van der Waals surface area (Å²) in [5, 5.41) is 0. The van der Waals surface area contributed by atoms with Crippen molar-refractivity contribution in [2.75, 3.05) is 13.2 Å². The Bertz CT molecular complexity index is 102. The summed E-state index contributed by atoms with van der Waals surface area (Å²) in [5.41, 5.74) is 0.594. The van der Waals surface area contributed by atoms with Gasteiger partial charge in [0.2, 0.25) is 0 Å². The molecule has 0 aromatic heterocycles. The van der Waals surface area contributed by atoms with Gasteiger partial charge in [0.15, 0.2) is 0 Å². The monoisotopic (exact) mass is 184 g/mol. The molecule has 2 heteroatoms. The minimum atomic E-state index is 0. The van der Waals surface area contributed by atoms with Crippen molar-refractivity contribution in [2.24, 2.45) is 10.8 Å². The maximum Gasteiger partial charge on any atom is 2.00 e. The number of hydrogen-bond donors (Lipinski definition) is 0. The van der Waals surface area contributed by atoms with E-state index in [-0.39, 0.29) is 25.9 Å². The Morgan fingerprint density at radius 1 is 0.833 bits per heavy atom. The minimum absolute atomic E-state index is 0. The molecular formula is C10H24MgO. The van der Waals surface area contributed by atoms with Gasteiger partial charge in [-0.25, -0.2) is 0 Å². The van der Waals surface area contributed by atoms with Gasteiger partial charge < -0.3 is 7.59 Å². The summed E-state index contributed by atoms with van der Waals surface area (Å²) in [7, 11) is 0. The van der Waals surface area contributed by atoms with Crippen molar-refractivity contribution in [3.63, 3.8) is 0 Å². The minimum Gasteiger partial charge on any atom is -1.00 e. The van der Waals surface area contributed by atoms with Crippen LogP contribution in [0.1, 0.15) is 44.4 Å². The smallest absolute Gasteiger partial charge is 1.00 e. The Morgan fingerprint density at radius 3 is 1.25 bits per heavy atom. The predicted octanol–water partition coefficient (Wildman–Crippen LogP) is 2.94. The molecule has 0 bridgehead atoms. The van der Waals surface area contributed by atoms with Gasteiger partial charge in [-0.3, -0.25) is 0 Å². The van der Waals surface area contributed by atoms with Gasteiger partial charge in [0, 0.05) is 0 Å². The Labute approximate surface area is 96.4 Å². The van der Waals surface area contributed by atoms with Gasteiger partial charge in [0.05, 0.1) is 13.2 Å². The van der Waals surface area contributed by atoms with Gasteiger partial charge in [-0.05, 0) is 10.8 Å². The van der Waals surface area contributed by atoms with E-state index in [9.17, 15) is 0 Å². The molecule has 0 saturated carbocycles. The molecule has 0 amide bonds. The fourth-order valence-corrected chi connectivity index (χ4v) is 0.663. The molecule has 72 valence electrons. The van der Waals surface area contributed by atoms with Crippen LogP contribution in [-0.2, 0) is 4.74 Å². The summed E-state index contributed by atoms with van der Waals surface area (Å²) in [6.07, 6.45) is 0. The number of rotatable bonds is 2. The van der Waals surface area contributed by atoms with Crippen molar-refractivity contribution in [2.45, 2.75) is 41.5 Å². The van der Waals surface area contributed by atoms with E-state index in [0.29, 0.717) is 10.8 Å². The zero-order valence-corrected chi connectivity index (χ0v) is 10.9. The summed E-state index contributed by atoms with van der Waals surface area (Å²) in [4.78, 5) is 0. The molecule has 0 unspecified atom stereocenters. The van der Waals surface area contributed by atoms with Crippen molar-refractivity contribution >= 4 is 23.1 Å². The zero-order valence-electron chi connectivity index (χ0n) is 11.5. The third kappa shape index (κ3) is 13.3. The van der Waals surface area contributed by atoms with Crippen LogP contribution in [0.5, 0.6) is 0 Å². The van der Waals surface area contributed by atoms with Crippen LogP contribution in [0.15, 0.2) is 0 Å². The zero-order chi connectivity index (χ0) is 9.12. The maximum atomic E-state index is 5.56. The van der Waals surface area contributed by atoms with Gasteiger partial charge in [0.25, 0.3) is 0 Å². The van der Waals surface area contributed by atoms with Gasteiger partial charge in [0.1, 0.15) is 0 Å². The van der Waals surface area contributed by atoms with Crippen LogP contribution in [0.4, 0.5) is 0 Å². The average molecular weight is 185 g/mol. The first kappa shape index (κ1) is 15.2. The topological polar surface area (TPSA) is 9.23 Å². The second kappa shape index (κ2) is 5.46. The van der Waals surface area contributed by atoms with Crippen LogP contribution >= 0.6 is 0 Å².